The number of hydrogen-bond donors (Lipinski definition) is 1. The fraction of sp³-hybridized carbons (Fsp3) is 0.368. The van der Waals surface area contributed by atoms with Gasteiger partial charge in [0.2, 0.25) is 0 Å². The average Bonchev–Trinajstić information content (AvgIpc) is 2.47. The maximum atomic E-state index is 3.65. The van der Waals surface area contributed by atoms with Gasteiger partial charge in [0.05, 0.1) is 0 Å². The molecule has 0 bridgehead atoms. The normalized spacial score (nSPS) is 13.2. The van der Waals surface area contributed by atoms with Crippen LogP contribution in [0.4, 0.5) is 0 Å². The third kappa shape index (κ3) is 6.79. The molecule has 0 saturated heterocycles. The summed E-state index contributed by atoms with van der Waals surface area (Å²) < 4.78 is 0. The standard InChI is InChI=1S/C19H25N.ClH/c1-16(13-18-9-5-3-6-10-18)15-20-17(2)14-19-11-7-4-8-12-19;/h3-12,16-17,20H,13-15H2,1-2H3;1H. The summed E-state index contributed by atoms with van der Waals surface area (Å²) in [6, 6.07) is 22.0. The Balaban J connectivity index is 0.00000220. The summed E-state index contributed by atoms with van der Waals surface area (Å²) in [5.74, 6) is 0.663. The van der Waals surface area contributed by atoms with E-state index in [1.54, 1.807) is 0 Å². The largest absolute Gasteiger partial charge is 0.314 e. The fourth-order valence-electron chi connectivity index (χ4n) is 2.53. The fourth-order valence-corrected chi connectivity index (χ4v) is 2.53. The molecule has 0 spiro atoms. The van der Waals surface area contributed by atoms with Gasteiger partial charge in [-0.05, 0) is 43.4 Å². The Morgan fingerprint density at radius 2 is 1.24 bits per heavy atom. The van der Waals surface area contributed by atoms with Crippen molar-refractivity contribution in [1.29, 1.82) is 0 Å². The van der Waals surface area contributed by atoms with Crippen molar-refractivity contribution in [3.05, 3.63) is 71.8 Å². The van der Waals surface area contributed by atoms with E-state index in [1.165, 1.54) is 11.1 Å². The van der Waals surface area contributed by atoms with Crippen LogP contribution in [0.3, 0.4) is 0 Å². The van der Waals surface area contributed by atoms with Gasteiger partial charge in [-0.3, -0.25) is 0 Å². The molecule has 1 nitrogen and oxygen atoms in total. The Labute approximate surface area is 135 Å². The van der Waals surface area contributed by atoms with Crippen molar-refractivity contribution in [3.63, 3.8) is 0 Å². The second-order valence-electron chi connectivity index (χ2n) is 5.79. The second-order valence-corrected chi connectivity index (χ2v) is 5.79. The summed E-state index contributed by atoms with van der Waals surface area (Å²) in [5.41, 5.74) is 2.83. The van der Waals surface area contributed by atoms with Crippen molar-refractivity contribution in [3.8, 4) is 0 Å². The predicted molar refractivity (Wildman–Crippen MR) is 94.2 cm³/mol. The summed E-state index contributed by atoms with van der Waals surface area (Å²) >= 11 is 0. The molecule has 0 aliphatic heterocycles. The molecule has 2 rings (SSSR count). The highest BCUT2D eigenvalue weighted by molar-refractivity contribution is 5.85. The van der Waals surface area contributed by atoms with Gasteiger partial charge in [-0.25, -0.2) is 0 Å². The molecule has 0 radical (unpaired) electrons. The molecule has 0 amide bonds. The molecule has 2 unspecified atom stereocenters. The zero-order valence-electron chi connectivity index (χ0n) is 13.0. The highest BCUT2D eigenvalue weighted by atomic mass is 35.5. The minimum absolute atomic E-state index is 0. The lowest BCUT2D eigenvalue weighted by Gasteiger charge is -2.18. The molecule has 0 aliphatic rings. The van der Waals surface area contributed by atoms with Gasteiger partial charge in [-0.1, -0.05) is 67.6 Å². The molecule has 2 atom stereocenters. The number of benzene rings is 2. The van der Waals surface area contributed by atoms with Crippen molar-refractivity contribution >= 4 is 12.4 Å². The molecule has 114 valence electrons. The molecule has 1 N–H and O–H groups in total. The van der Waals surface area contributed by atoms with Gasteiger partial charge in [-0.15, -0.1) is 12.4 Å². The minimum Gasteiger partial charge on any atom is -0.314 e. The molecular weight excluding hydrogens is 278 g/mol. The van der Waals surface area contributed by atoms with Crippen LogP contribution in [0.2, 0.25) is 0 Å². The van der Waals surface area contributed by atoms with Crippen LogP contribution in [-0.4, -0.2) is 12.6 Å². The van der Waals surface area contributed by atoms with Crippen molar-refractivity contribution in [2.75, 3.05) is 6.54 Å². The van der Waals surface area contributed by atoms with Crippen LogP contribution in [0.15, 0.2) is 60.7 Å². The van der Waals surface area contributed by atoms with Gasteiger partial charge in [0.1, 0.15) is 0 Å². The number of rotatable bonds is 7. The SMILES string of the molecule is CC(CNC(C)Cc1ccccc1)Cc1ccccc1.Cl. The van der Waals surface area contributed by atoms with E-state index in [1.807, 2.05) is 0 Å². The topological polar surface area (TPSA) is 12.0 Å². The summed E-state index contributed by atoms with van der Waals surface area (Å²) in [5, 5.41) is 3.65. The molecular formula is C19H26ClN. The van der Waals surface area contributed by atoms with Gasteiger partial charge in [0, 0.05) is 6.04 Å². The number of halogens is 1. The predicted octanol–water partition coefficient (Wildman–Crippen LogP) is 4.51. The lowest BCUT2D eigenvalue weighted by atomic mass is 10.0. The van der Waals surface area contributed by atoms with Crippen molar-refractivity contribution in [1.82, 2.24) is 5.32 Å². The third-order valence-corrected chi connectivity index (χ3v) is 3.63. The summed E-state index contributed by atoms with van der Waals surface area (Å²) in [6.07, 6.45) is 2.24. The van der Waals surface area contributed by atoms with Gasteiger partial charge in [0.15, 0.2) is 0 Å². The molecule has 0 aromatic heterocycles. The number of hydrogen-bond acceptors (Lipinski definition) is 1. The van der Waals surface area contributed by atoms with E-state index in [0.717, 1.165) is 19.4 Å². The van der Waals surface area contributed by atoms with Crippen LogP contribution < -0.4 is 5.32 Å². The molecule has 0 aliphatic carbocycles. The van der Waals surface area contributed by atoms with Crippen molar-refractivity contribution in [2.45, 2.75) is 32.7 Å². The highest BCUT2D eigenvalue weighted by Gasteiger charge is 2.07. The van der Waals surface area contributed by atoms with E-state index < -0.39 is 0 Å². The van der Waals surface area contributed by atoms with Crippen LogP contribution in [0.1, 0.15) is 25.0 Å². The summed E-state index contributed by atoms with van der Waals surface area (Å²) in [7, 11) is 0. The van der Waals surface area contributed by atoms with Gasteiger partial charge in [-0.2, -0.15) is 0 Å². The Morgan fingerprint density at radius 3 is 1.76 bits per heavy atom. The van der Waals surface area contributed by atoms with Crippen LogP contribution in [-0.2, 0) is 12.8 Å². The third-order valence-electron chi connectivity index (χ3n) is 3.63. The van der Waals surface area contributed by atoms with Gasteiger partial charge >= 0.3 is 0 Å². The first-order valence-corrected chi connectivity index (χ1v) is 7.55. The van der Waals surface area contributed by atoms with E-state index in [2.05, 4.69) is 79.8 Å². The van der Waals surface area contributed by atoms with Crippen molar-refractivity contribution < 1.29 is 0 Å². The van der Waals surface area contributed by atoms with Crippen LogP contribution in [0.25, 0.3) is 0 Å². The van der Waals surface area contributed by atoms with E-state index in [-0.39, 0.29) is 12.4 Å². The quantitative estimate of drug-likeness (QED) is 0.793. The van der Waals surface area contributed by atoms with Gasteiger partial charge in [0.25, 0.3) is 0 Å². The second kappa shape index (κ2) is 9.59. The van der Waals surface area contributed by atoms with E-state index in [4.69, 9.17) is 0 Å². The summed E-state index contributed by atoms with van der Waals surface area (Å²) in [4.78, 5) is 0. The first-order chi connectivity index (χ1) is 9.74. The van der Waals surface area contributed by atoms with Gasteiger partial charge < -0.3 is 5.32 Å². The zero-order valence-corrected chi connectivity index (χ0v) is 13.8. The molecule has 2 aromatic carbocycles. The molecule has 0 heterocycles. The monoisotopic (exact) mass is 303 g/mol. The highest BCUT2D eigenvalue weighted by Crippen LogP contribution is 2.08. The molecule has 0 saturated carbocycles. The Kier molecular flexibility index (Phi) is 8.11. The smallest absolute Gasteiger partial charge is 0.00792 e. The first kappa shape index (κ1) is 17.7. The van der Waals surface area contributed by atoms with E-state index in [0.29, 0.717) is 12.0 Å². The average molecular weight is 304 g/mol. The van der Waals surface area contributed by atoms with Crippen molar-refractivity contribution in [2.24, 2.45) is 5.92 Å². The number of nitrogens with one attached hydrogen (secondary N) is 1. The van der Waals surface area contributed by atoms with Crippen LogP contribution in [0.5, 0.6) is 0 Å². The van der Waals surface area contributed by atoms with E-state index in [9.17, 15) is 0 Å². The minimum atomic E-state index is 0. The molecule has 21 heavy (non-hydrogen) atoms. The van der Waals surface area contributed by atoms with Crippen LogP contribution >= 0.6 is 12.4 Å². The summed E-state index contributed by atoms with van der Waals surface area (Å²) in [6.45, 7) is 5.65. The van der Waals surface area contributed by atoms with Crippen LogP contribution in [0, 0.1) is 5.92 Å². The maximum absolute atomic E-state index is 3.65. The molecule has 2 aromatic rings. The van der Waals surface area contributed by atoms with E-state index >= 15 is 0 Å². The zero-order chi connectivity index (χ0) is 14.2. The molecule has 2 heteroatoms. The Hall–Kier alpha value is -1.31. The Bertz CT molecular complexity index is 436. The Morgan fingerprint density at radius 1 is 0.762 bits per heavy atom. The lowest BCUT2D eigenvalue weighted by molar-refractivity contribution is 0.458. The molecule has 0 fully saturated rings. The first-order valence-electron chi connectivity index (χ1n) is 7.55. The lowest BCUT2D eigenvalue weighted by Crippen LogP contribution is -2.32. The maximum Gasteiger partial charge on any atom is 0.00792 e.